The van der Waals surface area contributed by atoms with Gasteiger partial charge in [0.2, 0.25) is 0 Å². The Morgan fingerprint density at radius 1 is 1.42 bits per heavy atom. The highest BCUT2D eigenvalue weighted by Crippen LogP contribution is 2.41. The van der Waals surface area contributed by atoms with Gasteiger partial charge in [0, 0.05) is 5.92 Å². The van der Waals surface area contributed by atoms with E-state index in [1.165, 1.54) is 0 Å². The molecule has 1 aliphatic rings. The Morgan fingerprint density at radius 2 is 2.16 bits per heavy atom. The van der Waals surface area contributed by atoms with Gasteiger partial charge in [-0.05, 0) is 18.4 Å². The molecule has 2 N–H and O–H groups in total. The van der Waals surface area contributed by atoms with E-state index < -0.39 is 11.5 Å². The number of aliphatic carboxylic acids is 1. The molecule has 1 saturated carbocycles. The van der Waals surface area contributed by atoms with Gasteiger partial charge in [-0.3, -0.25) is 10.1 Å². The Morgan fingerprint density at radius 3 is 2.79 bits per heavy atom. The maximum Gasteiger partial charge on any atom is 0.324 e. The lowest BCUT2D eigenvalue weighted by atomic mass is 9.69. The highest BCUT2D eigenvalue weighted by atomic mass is 16.4. The van der Waals surface area contributed by atoms with Gasteiger partial charge in [0.1, 0.15) is 5.54 Å². The molecule has 0 saturated heterocycles. The fourth-order valence-corrected chi connectivity index (χ4v) is 3.06. The van der Waals surface area contributed by atoms with Crippen LogP contribution in [0.15, 0.2) is 30.3 Å². The van der Waals surface area contributed by atoms with Crippen molar-refractivity contribution in [3.8, 4) is 12.3 Å². The smallest absolute Gasteiger partial charge is 0.324 e. The number of carbonyl (C=O) groups is 1. The normalized spacial score (nSPS) is 26.6. The number of carboxylic acid groups (broad SMARTS) is 1. The van der Waals surface area contributed by atoms with Crippen LogP contribution in [0, 0.1) is 12.3 Å². The van der Waals surface area contributed by atoms with Gasteiger partial charge in [0.05, 0.1) is 6.54 Å². The molecule has 0 bridgehead atoms. The Kier molecular flexibility index (Phi) is 4.24. The number of benzene rings is 1. The standard InChI is InChI=1S/C16H19NO2/c1-2-12-17-16(15(18)19)11-7-6-10-14(16)13-8-4-3-5-9-13/h1,3-5,8-9,14,17H,6-7,10-12H2,(H,18,19). The molecule has 1 fully saturated rings. The van der Waals surface area contributed by atoms with E-state index in [0.29, 0.717) is 6.42 Å². The van der Waals surface area contributed by atoms with E-state index in [1.807, 2.05) is 30.3 Å². The highest BCUT2D eigenvalue weighted by molar-refractivity contribution is 5.80. The molecule has 3 nitrogen and oxygen atoms in total. The summed E-state index contributed by atoms with van der Waals surface area (Å²) < 4.78 is 0. The molecule has 100 valence electrons. The first kappa shape index (κ1) is 13.6. The van der Waals surface area contributed by atoms with Crippen LogP contribution in [0.1, 0.15) is 37.2 Å². The first-order chi connectivity index (χ1) is 9.20. The first-order valence-corrected chi connectivity index (χ1v) is 6.67. The first-order valence-electron chi connectivity index (χ1n) is 6.67. The maximum absolute atomic E-state index is 11.8. The molecule has 19 heavy (non-hydrogen) atoms. The third-order valence-electron chi connectivity index (χ3n) is 4.00. The van der Waals surface area contributed by atoms with E-state index >= 15 is 0 Å². The van der Waals surface area contributed by atoms with Crippen molar-refractivity contribution in [2.45, 2.75) is 37.1 Å². The largest absolute Gasteiger partial charge is 0.480 e. The summed E-state index contributed by atoms with van der Waals surface area (Å²) in [5.41, 5.74) is 0.153. The summed E-state index contributed by atoms with van der Waals surface area (Å²) in [6.45, 7) is 0.287. The van der Waals surface area contributed by atoms with Crippen LogP contribution in [0.4, 0.5) is 0 Å². The lowest BCUT2D eigenvalue weighted by Gasteiger charge is -2.41. The molecule has 0 radical (unpaired) electrons. The van der Waals surface area contributed by atoms with Gasteiger partial charge in [-0.15, -0.1) is 6.42 Å². The number of carboxylic acids is 1. The van der Waals surface area contributed by atoms with Crippen LogP contribution in [-0.4, -0.2) is 23.2 Å². The second kappa shape index (κ2) is 5.90. The molecular formula is C16H19NO2. The topological polar surface area (TPSA) is 49.3 Å². The summed E-state index contributed by atoms with van der Waals surface area (Å²) in [6.07, 6.45) is 8.78. The quantitative estimate of drug-likeness (QED) is 0.814. The maximum atomic E-state index is 11.8. The molecule has 1 aliphatic carbocycles. The summed E-state index contributed by atoms with van der Waals surface area (Å²) in [5, 5.41) is 12.8. The SMILES string of the molecule is C#CCNC1(C(=O)O)CCCCC1c1ccccc1. The van der Waals surface area contributed by atoms with E-state index in [9.17, 15) is 9.90 Å². The summed E-state index contributed by atoms with van der Waals surface area (Å²) in [6, 6.07) is 9.87. The monoisotopic (exact) mass is 257 g/mol. The van der Waals surface area contributed by atoms with Gasteiger partial charge in [0.15, 0.2) is 0 Å². The molecule has 2 unspecified atom stereocenters. The van der Waals surface area contributed by atoms with Crippen LogP contribution in [-0.2, 0) is 4.79 Å². The van der Waals surface area contributed by atoms with E-state index in [1.54, 1.807) is 0 Å². The minimum Gasteiger partial charge on any atom is -0.480 e. The van der Waals surface area contributed by atoms with Crippen LogP contribution in [0.3, 0.4) is 0 Å². The molecule has 0 heterocycles. The fourth-order valence-electron chi connectivity index (χ4n) is 3.06. The lowest BCUT2D eigenvalue weighted by molar-refractivity contribution is -0.147. The Balaban J connectivity index is 2.37. The zero-order chi connectivity index (χ0) is 13.7. The summed E-state index contributed by atoms with van der Waals surface area (Å²) in [5.74, 6) is 1.68. The fraction of sp³-hybridized carbons (Fsp3) is 0.438. The van der Waals surface area contributed by atoms with Gasteiger partial charge in [-0.1, -0.05) is 49.1 Å². The molecule has 3 heteroatoms. The van der Waals surface area contributed by atoms with Crippen molar-refractivity contribution in [3.05, 3.63) is 35.9 Å². The zero-order valence-electron chi connectivity index (χ0n) is 10.9. The summed E-state index contributed by atoms with van der Waals surface area (Å²) in [4.78, 5) is 11.8. The van der Waals surface area contributed by atoms with Crippen molar-refractivity contribution in [2.24, 2.45) is 0 Å². The van der Waals surface area contributed by atoms with Gasteiger partial charge in [0.25, 0.3) is 0 Å². The predicted octanol–water partition coefficient (Wildman–Crippen LogP) is 2.39. The van der Waals surface area contributed by atoms with Crippen LogP contribution in [0.25, 0.3) is 0 Å². The van der Waals surface area contributed by atoms with Crippen molar-refractivity contribution in [3.63, 3.8) is 0 Å². The Hall–Kier alpha value is -1.79. The van der Waals surface area contributed by atoms with Gasteiger partial charge >= 0.3 is 5.97 Å². The van der Waals surface area contributed by atoms with E-state index in [0.717, 1.165) is 24.8 Å². The molecule has 0 amide bonds. The summed E-state index contributed by atoms with van der Waals surface area (Å²) in [7, 11) is 0. The van der Waals surface area contributed by atoms with Gasteiger partial charge in [-0.2, -0.15) is 0 Å². The third kappa shape index (κ3) is 2.64. The summed E-state index contributed by atoms with van der Waals surface area (Å²) >= 11 is 0. The Bertz CT molecular complexity index is 477. The molecule has 0 spiro atoms. The lowest BCUT2D eigenvalue weighted by Crippen LogP contribution is -2.57. The van der Waals surface area contributed by atoms with E-state index in [-0.39, 0.29) is 12.5 Å². The number of hydrogen-bond donors (Lipinski definition) is 2. The second-order valence-corrected chi connectivity index (χ2v) is 5.04. The molecule has 2 rings (SSSR count). The van der Waals surface area contributed by atoms with E-state index in [4.69, 9.17) is 6.42 Å². The van der Waals surface area contributed by atoms with E-state index in [2.05, 4.69) is 11.2 Å². The molecule has 0 aliphatic heterocycles. The molecule has 0 aromatic heterocycles. The molecule has 1 aromatic carbocycles. The number of rotatable bonds is 4. The van der Waals surface area contributed by atoms with Crippen molar-refractivity contribution >= 4 is 5.97 Å². The zero-order valence-corrected chi connectivity index (χ0v) is 10.9. The number of hydrogen-bond acceptors (Lipinski definition) is 2. The van der Waals surface area contributed by atoms with Crippen molar-refractivity contribution in [1.82, 2.24) is 5.32 Å². The number of nitrogens with one attached hydrogen (secondary N) is 1. The second-order valence-electron chi connectivity index (χ2n) is 5.04. The molecule has 2 atom stereocenters. The highest BCUT2D eigenvalue weighted by Gasteiger charge is 2.47. The molecular weight excluding hydrogens is 238 g/mol. The van der Waals surface area contributed by atoms with Crippen LogP contribution in [0.5, 0.6) is 0 Å². The van der Waals surface area contributed by atoms with Crippen molar-refractivity contribution in [1.29, 1.82) is 0 Å². The van der Waals surface area contributed by atoms with Gasteiger partial charge in [-0.25, -0.2) is 0 Å². The van der Waals surface area contributed by atoms with Crippen molar-refractivity contribution < 1.29 is 9.90 Å². The van der Waals surface area contributed by atoms with Crippen LogP contribution < -0.4 is 5.32 Å². The van der Waals surface area contributed by atoms with Crippen LogP contribution >= 0.6 is 0 Å². The van der Waals surface area contributed by atoms with Crippen molar-refractivity contribution in [2.75, 3.05) is 6.54 Å². The number of terminal acetylenes is 1. The van der Waals surface area contributed by atoms with Gasteiger partial charge < -0.3 is 5.11 Å². The Labute approximate surface area is 114 Å². The average molecular weight is 257 g/mol. The minimum atomic E-state index is -0.925. The minimum absolute atomic E-state index is 0.0201. The molecule has 1 aromatic rings. The third-order valence-corrected chi connectivity index (χ3v) is 4.00. The predicted molar refractivity (Wildman–Crippen MR) is 74.9 cm³/mol. The average Bonchev–Trinajstić information content (AvgIpc) is 2.46. The van der Waals surface area contributed by atoms with Crippen LogP contribution in [0.2, 0.25) is 0 Å².